The molecule has 0 radical (unpaired) electrons. The molecular formula is C12H14FN3OS. The summed E-state index contributed by atoms with van der Waals surface area (Å²) in [5.41, 5.74) is 2.13. The van der Waals surface area contributed by atoms with Crippen LogP contribution in [0.1, 0.15) is 22.5 Å². The van der Waals surface area contributed by atoms with Gasteiger partial charge in [0.2, 0.25) is 0 Å². The lowest BCUT2D eigenvalue weighted by Crippen LogP contribution is -2.06. The molecule has 0 saturated carbocycles. The summed E-state index contributed by atoms with van der Waals surface area (Å²) < 4.78 is 15.7. The van der Waals surface area contributed by atoms with E-state index in [1.54, 1.807) is 30.5 Å². The van der Waals surface area contributed by atoms with Crippen molar-refractivity contribution in [2.24, 2.45) is 0 Å². The molecule has 1 aromatic carbocycles. The van der Waals surface area contributed by atoms with Gasteiger partial charge in [-0.1, -0.05) is 12.1 Å². The van der Waals surface area contributed by atoms with E-state index in [-0.39, 0.29) is 12.4 Å². The fourth-order valence-corrected chi connectivity index (χ4v) is 2.16. The first-order valence-corrected chi connectivity index (χ1v) is 5.94. The summed E-state index contributed by atoms with van der Waals surface area (Å²) in [5, 5.41) is 15.7. The van der Waals surface area contributed by atoms with E-state index in [0.717, 1.165) is 5.56 Å². The Morgan fingerprint density at radius 3 is 2.56 bits per heavy atom. The van der Waals surface area contributed by atoms with Crippen molar-refractivity contribution in [3.8, 4) is 0 Å². The topological polar surface area (TPSA) is 53.8 Å². The molecule has 0 aliphatic heterocycles. The van der Waals surface area contributed by atoms with Crippen LogP contribution in [-0.2, 0) is 13.2 Å². The fraction of sp³-hybridized carbons (Fsp3) is 0.333. The highest BCUT2D eigenvalue weighted by Gasteiger charge is 2.08. The minimum atomic E-state index is -0.188. The van der Waals surface area contributed by atoms with Crippen LogP contribution >= 0.6 is 12.2 Å². The SMILES string of the molecule is Cc1cc(Cn2c(CO)n[nH]c2=S)cc(C)c1F. The number of rotatable bonds is 3. The van der Waals surface area contributed by atoms with Crippen LogP contribution in [0.4, 0.5) is 4.39 Å². The van der Waals surface area contributed by atoms with Crippen molar-refractivity contribution in [2.75, 3.05) is 0 Å². The van der Waals surface area contributed by atoms with Gasteiger partial charge in [-0.3, -0.25) is 9.67 Å². The molecule has 0 aliphatic rings. The Kier molecular flexibility index (Phi) is 3.58. The van der Waals surface area contributed by atoms with Crippen LogP contribution in [0.5, 0.6) is 0 Å². The molecule has 4 nitrogen and oxygen atoms in total. The van der Waals surface area contributed by atoms with E-state index in [2.05, 4.69) is 10.2 Å². The zero-order chi connectivity index (χ0) is 13.3. The number of aromatic amines is 1. The van der Waals surface area contributed by atoms with Crippen molar-refractivity contribution in [3.05, 3.63) is 45.2 Å². The highest BCUT2D eigenvalue weighted by atomic mass is 32.1. The van der Waals surface area contributed by atoms with E-state index in [0.29, 0.717) is 28.3 Å². The van der Waals surface area contributed by atoms with Crippen molar-refractivity contribution in [1.82, 2.24) is 14.8 Å². The number of benzene rings is 1. The number of nitrogens with zero attached hydrogens (tertiary/aromatic N) is 2. The number of H-pyrrole nitrogens is 1. The fourth-order valence-electron chi connectivity index (χ4n) is 1.94. The number of aromatic nitrogens is 3. The van der Waals surface area contributed by atoms with Gasteiger partial charge in [-0.05, 0) is 42.8 Å². The van der Waals surface area contributed by atoms with Gasteiger partial charge in [-0.15, -0.1) is 0 Å². The first kappa shape index (κ1) is 12.9. The molecule has 0 atom stereocenters. The number of nitrogens with one attached hydrogen (secondary N) is 1. The Balaban J connectivity index is 2.40. The maximum Gasteiger partial charge on any atom is 0.195 e. The number of aliphatic hydroxyl groups excluding tert-OH is 1. The maximum absolute atomic E-state index is 13.5. The average Bonchev–Trinajstić information content (AvgIpc) is 2.67. The van der Waals surface area contributed by atoms with Gasteiger partial charge in [0.25, 0.3) is 0 Å². The Bertz CT molecular complexity index is 609. The standard InChI is InChI=1S/C12H14FN3OS/c1-7-3-9(4-8(2)11(7)13)5-16-10(6-17)14-15-12(16)18/h3-4,17H,5-6H2,1-2H3,(H,15,18). The minimum Gasteiger partial charge on any atom is -0.388 e. The summed E-state index contributed by atoms with van der Waals surface area (Å²) in [6.07, 6.45) is 0. The Hall–Kier alpha value is -1.53. The summed E-state index contributed by atoms with van der Waals surface area (Å²) in [6.45, 7) is 3.74. The molecule has 0 unspecified atom stereocenters. The van der Waals surface area contributed by atoms with E-state index in [4.69, 9.17) is 17.3 Å². The van der Waals surface area contributed by atoms with Crippen LogP contribution in [0.25, 0.3) is 0 Å². The molecule has 1 aromatic heterocycles. The van der Waals surface area contributed by atoms with E-state index in [9.17, 15) is 4.39 Å². The number of aliphatic hydroxyl groups is 1. The summed E-state index contributed by atoms with van der Waals surface area (Å²) >= 11 is 5.09. The van der Waals surface area contributed by atoms with Crippen molar-refractivity contribution in [2.45, 2.75) is 27.0 Å². The van der Waals surface area contributed by atoms with Gasteiger partial charge >= 0.3 is 0 Å². The molecule has 0 amide bonds. The molecule has 0 spiro atoms. The van der Waals surface area contributed by atoms with Crippen molar-refractivity contribution in [1.29, 1.82) is 0 Å². The first-order valence-electron chi connectivity index (χ1n) is 5.53. The second-order valence-corrected chi connectivity index (χ2v) is 4.62. The third kappa shape index (κ3) is 2.34. The largest absolute Gasteiger partial charge is 0.388 e. The molecule has 18 heavy (non-hydrogen) atoms. The molecule has 96 valence electrons. The molecule has 2 rings (SSSR count). The monoisotopic (exact) mass is 267 g/mol. The quantitative estimate of drug-likeness (QED) is 0.839. The van der Waals surface area contributed by atoms with Gasteiger partial charge in [-0.25, -0.2) is 4.39 Å². The van der Waals surface area contributed by atoms with E-state index >= 15 is 0 Å². The van der Waals surface area contributed by atoms with E-state index in [1.165, 1.54) is 0 Å². The van der Waals surface area contributed by atoms with Crippen LogP contribution in [0, 0.1) is 24.4 Å². The molecule has 2 N–H and O–H groups in total. The summed E-state index contributed by atoms with van der Waals surface area (Å²) in [7, 11) is 0. The molecule has 0 saturated heterocycles. The zero-order valence-electron chi connectivity index (χ0n) is 10.2. The number of aryl methyl sites for hydroxylation is 2. The van der Waals surface area contributed by atoms with Crippen LogP contribution in [0.15, 0.2) is 12.1 Å². The van der Waals surface area contributed by atoms with Crippen molar-refractivity contribution >= 4 is 12.2 Å². The second-order valence-electron chi connectivity index (χ2n) is 4.23. The summed E-state index contributed by atoms with van der Waals surface area (Å²) in [4.78, 5) is 0. The Morgan fingerprint density at radius 1 is 1.39 bits per heavy atom. The molecule has 2 aromatic rings. The van der Waals surface area contributed by atoms with Crippen molar-refractivity contribution in [3.63, 3.8) is 0 Å². The average molecular weight is 267 g/mol. The smallest absolute Gasteiger partial charge is 0.195 e. The predicted octanol–water partition coefficient (Wildman–Crippen LogP) is 2.24. The van der Waals surface area contributed by atoms with Crippen LogP contribution in [-0.4, -0.2) is 19.9 Å². The lowest BCUT2D eigenvalue weighted by Gasteiger charge is -2.09. The van der Waals surface area contributed by atoms with Crippen LogP contribution in [0.3, 0.4) is 0 Å². The third-order valence-corrected chi connectivity index (χ3v) is 3.13. The summed E-state index contributed by atoms with van der Waals surface area (Å²) in [5.74, 6) is 0.288. The van der Waals surface area contributed by atoms with Gasteiger partial charge in [0, 0.05) is 0 Å². The van der Waals surface area contributed by atoms with Crippen LogP contribution < -0.4 is 0 Å². The maximum atomic E-state index is 13.5. The number of halogens is 1. The molecule has 0 fully saturated rings. The van der Waals surface area contributed by atoms with Gasteiger partial charge in [0.1, 0.15) is 12.4 Å². The highest BCUT2D eigenvalue weighted by Crippen LogP contribution is 2.16. The normalized spacial score (nSPS) is 10.9. The third-order valence-electron chi connectivity index (χ3n) is 2.82. The Morgan fingerprint density at radius 2 is 2.00 bits per heavy atom. The molecule has 0 bridgehead atoms. The summed E-state index contributed by atoms with van der Waals surface area (Å²) in [6, 6.07) is 3.55. The van der Waals surface area contributed by atoms with Gasteiger partial charge < -0.3 is 5.11 Å². The van der Waals surface area contributed by atoms with Gasteiger partial charge in [0.15, 0.2) is 10.6 Å². The second kappa shape index (κ2) is 4.99. The molecular weight excluding hydrogens is 253 g/mol. The van der Waals surface area contributed by atoms with E-state index in [1.807, 2.05) is 0 Å². The Labute approximate surface area is 109 Å². The number of hydrogen-bond acceptors (Lipinski definition) is 3. The molecule has 6 heteroatoms. The minimum absolute atomic E-state index is 0.183. The highest BCUT2D eigenvalue weighted by molar-refractivity contribution is 7.71. The molecule has 0 aliphatic carbocycles. The first-order chi connectivity index (χ1) is 8.52. The van der Waals surface area contributed by atoms with E-state index < -0.39 is 0 Å². The zero-order valence-corrected chi connectivity index (χ0v) is 11.0. The van der Waals surface area contributed by atoms with Gasteiger partial charge in [0.05, 0.1) is 6.54 Å². The predicted molar refractivity (Wildman–Crippen MR) is 68.3 cm³/mol. The van der Waals surface area contributed by atoms with Crippen LogP contribution in [0.2, 0.25) is 0 Å². The lowest BCUT2D eigenvalue weighted by molar-refractivity contribution is 0.265. The lowest BCUT2D eigenvalue weighted by atomic mass is 10.1. The number of hydrogen-bond donors (Lipinski definition) is 2. The molecule has 1 heterocycles. The van der Waals surface area contributed by atoms with Crippen molar-refractivity contribution < 1.29 is 9.50 Å². The van der Waals surface area contributed by atoms with Gasteiger partial charge in [-0.2, -0.15) is 5.10 Å².